The number of amides is 2. The fraction of sp³-hybridized carbons (Fsp3) is 0.880. The van der Waals surface area contributed by atoms with Crippen LogP contribution in [0.3, 0.4) is 0 Å². The molecule has 2 fully saturated rings. The molecule has 0 aromatic rings. The van der Waals surface area contributed by atoms with Crippen LogP contribution < -0.4 is 10.6 Å². The Morgan fingerprint density at radius 3 is 1.17 bits per heavy atom. The molecular formula is C25H44N2O3. The Balaban J connectivity index is 2.00. The highest BCUT2D eigenvalue weighted by Crippen LogP contribution is 2.17. The molecule has 2 aliphatic heterocycles. The van der Waals surface area contributed by atoms with Crippen LogP contribution in [0.15, 0.2) is 0 Å². The van der Waals surface area contributed by atoms with Crippen molar-refractivity contribution in [2.45, 2.75) is 141 Å². The van der Waals surface area contributed by atoms with Crippen molar-refractivity contribution in [1.82, 2.24) is 10.6 Å². The van der Waals surface area contributed by atoms with Gasteiger partial charge in [0.15, 0.2) is 5.78 Å². The second-order valence-electron chi connectivity index (χ2n) is 9.38. The number of Topliss-reactive ketones (excluding diaryl/α,β-unsaturated/α-hetero) is 1. The maximum atomic E-state index is 13.4. The van der Waals surface area contributed by atoms with Gasteiger partial charge in [-0.25, -0.2) is 0 Å². The first kappa shape index (κ1) is 24.9. The fourth-order valence-corrected chi connectivity index (χ4v) is 4.74. The quantitative estimate of drug-likeness (QED) is 0.632. The maximum absolute atomic E-state index is 13.4. The van der Waals surface area contributed by atoms with Gasteiger partial charge in [0.1, 0.15) is 0 Å². The van der Waals surface area contributed by atoms with Crippen LogP contribution in [-0.2, 0) is 14.4 Å². The third-order valence-corrected chi connectivity index (χ3v) is 6.65. The van der Waals surface area contributed by atoms with E-state index >= 15 is 0 Å². The van der Waals surface area contributed by atoms with Gasteiger partial charge < -0.3 is 10.6 Å². The van der Waals surface area contributed by atoms with Crippen molar-refractivity contribution < 1.29 is 14.4 Å². The topological polar surface area (TPSA) is 75.3 Å². The maximum Gasteiger partial charge on any atom is 0.220 e. The van der Waals surface area contributed by atoms with E-state index < -0.39 is 12.1 Å². The molecule has 2 unspecified atom stereocenters. The second-order valence-corrected chi connectivity index (χ2v) is 9.38. The summed E-state index contributed by atoms with van der Waals surface area (Å²) in [6.07, 6.45) is 20.3. The number of ketones is 1. The molecule has 2 heterocycles. The van der Waals surface area contributed by atoms with Crippen LogP contribution in [0.1, 0.15) is 128 Å². The van der Waals surface area contributed by atoms with Gasteiger partial charge in [-0.3, -0.25) is 14.4 Å². The van der Waals surface area contributed by atoms with E-state index in [9.17, 15) is 14.4 Å². The van der Waals surface area contributed by atoms with Crippen molar-refractivity contribution >= 4 is 17.6 Å². The van der Waals surface area contributed by atoms with E-state index in [2.05, 4.69) is 10.6 Å². The lowest BCUT2D eigenvalue weighted by atomic mass is 9.94. The van der Waals surface area contributed by atoms with E-state index in [1.54, 1.807) is 0 Å². The van der Waals surface area contributed by atoms with Crippen LogP contribution >= 0.6 is 0 Å². The van der Waals surface area contributed by atoms with E-state index in [0.717, 1.165) is 51.4 Å². The molecule has 0 aromatic carbocycles. The van der Waals surface area contributed by atoms with Gasteiger partial charge in [0.25, 0.3) is 0 Å². The lowest BCUT2D eigenvalue weighted by Crippen LogP contribution is -2.51. The molecule has 0 aliphatic carbocycles. The van der Waals surface area contributed by atoms with E-state index in [-0.39, 0.29) is 17.6 Å². The van der Waals surface area contributed by atoms with Gasteiger partial charge in [-0.05, 0) is 25.7 Å². The molecule has 0 bridgehead atoms. The SMILES string of the molecule is O=C1CCCCCCCCCCC(C(=O)C2CCCCCCCCCCC(=O)N2)N1. The molecule has 0 saturated carbocycles. The zero-order chi connectivity index (χ0) is 21.4. The van der Waals surface area contributed by atoms with Crippen molar-refractivity contribution in [1.29, 1.82) is 0 Å². The number of hydrogen-bond donors (Lipinski definition) is 2. The average molecular weight is 421 g/mol. The molecule has 2 aliphatic rings. The summed E-state index contributed by atoms with van der Waals surface area (Å²) in [7, 11) is 0. The molecule has 2 saturated heterocycles. The summed E-state index contributed by atoms with van der Waals surface area (Å²) >= 11 is 0. The van der Waals surface area contributed by atoms with E-state index in [1.807, 2.05) is 0 Å². The van der Waals surface area contributed by atoms with Crippen molar-refractivity contribution in [2.24, 2.45) is 0 Å². The second kappa shape index (κ2) is 15.4. The molecule has 0 spiro atoms. The lowest BCUT2D eigenvalue weighted by Gasteiger charge is -2.24. The monoisotopic (exact) mass is 420 g/mol. The summed E-state index contributed by atoms with van der Waals surface area (Å²) in [5.41, 5.74) is 0. The normalized spacial score (nSPS) is 27.5. The third-order valence-electron chi connectivity index (χ3n) is 6.65. The fourth-order valence-electron chi connectivity index (χ4n) is 4.74. The first-order valence-electron chi connectivity index (χ1n) is 12.8. The zero-order valence-electron chi connectivity index (χ0n) is 19.0. The van der Waals surface area contributed by atoms with Crippen LogP contribution in [0.5, 0.6) is 0 Å². The number of carbonyl (C=O) groups excluding carboxylic acids is 3. The van der Waals surface area contributed by atoms with Gasteiger partial charge in [-0.2, -0.15) is 0 Å². The van der Waals surface area contributed by atoms with Gasteiger partial charge in [0, 0.05) is 12.8 Å². The van der Waals surface area contributed by atoms with E-state index in [4.69, 9.17) is 0 Å². The Morgan fingerprint density at radius 1 is 0.500 bits per heavy atom. The summed E-state index contributed by atoms with van der Waals surface area (Å²) < 4.78 is 0. The van der Waals surface area contributed by atoms with E-state index in [0.29, 0.717) is 25.7 Å². The molecule has 2 rings (SSSR count). The standard InChI is InChI=1S/C25H44N2O3/c28-23-19-15-11-7-3-1-5-9-13-17-21(26-23)25(30)22-18-14-10-6-2-4-8-12-16-20-24(29)27-22/h21-22H,1-20H2,(H,26,28)(H,27,29). The minimum Gasteiger partial charge on any atom is -0.346 e. The molecule has 30 heavy (non-hydrogen) atoms. The molecule has 172 valence electrons. The molecule has 0 radical (unpaired) electrons. The lowest BCUT2D eigenvalue weighted by molar-refractivity contribution is -0.131. The van der Waals surface area contributed by atoms with Gasteiger partial charge >= 0.3 is 0 Å². The summed E-state index contributed by atoms with van der Waals surface area (Å²) in [5, 5.41) is 6.05. The summed E-state index contributed by atoms with van der Waals surface area (Å²) in [5.74, 6) is -0.00595. The average Bonchev–Trinajstić information content (AvgIpc) is 2.76. The number of rotatable bonds is 2. The van der Waals surface area contributed by atoms with Gasteiger partial charge in [-0.15, -0.1) is 0 Å². The van der Waals surface area contributed by atoms with Crippen molar-refractivity contribution in [3.05, 3.63) is 0 Å². The largest absolute Gasteiger partial charge is 0.346 e. The van der Waals surface area contributed by atoms with Crippen LogP contribution in [0.25, 0.3) is 0 Å². The Kier molecular flexibility index (Phi) is 12.8. The molecule has 2 amide bonds. The summed E-state index contributed by atoms with van der Waals surface area (Å²) in [6.45, 7) is 0. The van der Waals surface area contributed by atoms with Crippen molar-refractivity contribution in [3.63, 3.8) is 0 Å². The minimum atomic E-state index is -0.459. The number of nitrogens with one attached hydrogen (secondary N) is 2. The van der Waals surface area contributed by atoms with Gasteiger partial charge in [-0.1, -0.05) is 89.9 Å². The Morgan fingerprint density at radius 2 is 0.800 bits per heavy atom. The molecular weight excluding hydrogens is 376 g/mol. The smallest absolute Gasteiger partial charge is 0.220 e. The first-order chi connectivity index (χ1) is 14.7. The van der Waals surface area contributed by atoms with Crippen LogP contribution in [0.4, 0.5) is 0 Å². The van der Waals surface area contributed by atoms with Crippen LogP contribution in [0.2, 0.25) is 0 Å². The number of carbonyl (C=O) groups is 3. The Bertz CT molecular complexity index is 477. The summed E-state index contributed by atoms with van der Waals surface area (Å²) in [6, 6.07) is -0.918. The molecule has 5 nitrogen and oxygen atoms in total. The predicted octanol–water partition coefficient (Wildman–Crippen LogP) is 5.35. The highest BCUT2D eigenvalue weighted by Gasteiger charge is 2.29. The summed E-state index contributed by atoms with van der Waals surface area (Å²) in [4.78, 5) is 38.3. The van der Waals surface area contributed by atoms with Gasteiger partial charge in [0.05, 0.1) is 12.1 Å². The van der Waals surface area contributed by atoms with Crippen molar-refractivity contribution in [3.8, 4) is 0 Å². The Hall–Kier alpha value is -1.39. The van der Waals surface area contributed by atoms with Crippen LogP contribution in [0, 0.1) is 0 Å². The minimum absolute atomic E-state index is 0.0106. The molecule has 5 heteroatoms. The van der Waals surface area contributed by atoms with Crippen LogP contribution in [-0.4, -0.2) is 29.7 Å². The molecule has 2 atom stereocenters. The molecule has 0 aromatic heterocycles. The highest BCUT2D eigenvalue weighted by molar-refractivity contribution is 5.95. The third kappa shape index (κ3) is 10.6. The first-order valence-corrected chi connectivity index (χ1v) is 12.8. The molecule has 2 N–H and O–H groups in total. The van der Waals surface area contributed by atoms with E-state index in [1.165, 1.54) is 51.4 Å². The predicted molar refractivity (Wildman–Crippen MR) is 121 cm³/mol. The van der Waals surface area contributed by atoms with Crippen molar-refractivity contribution in [2.75, 3.05) is 0 Å². The van der Waals surface area contributed by atoms with Gasteiger partial charge in [0.2, 0.25) is 11.8 Å². The highest BCUT2D eigenvalue weighted by atomic mass is 16.2. The number of hydrogen-bond acceptors (Lipinski definition) is 3. The Labute approximate surface area is 183 Å². The zero-order valence-corrected chi connectivity index (χ0v) is 19.0.